The molecule has 0 aliphatic rings. The van der Waals surface area contributed by atoms with E-state index in [0.29, 0.717) is 0 Å². The molecule has 4 heteroatoms. The van der Waals surface area contributed by atoms with E-state index >= 15 is 0 Å². The predicted octanol–water partition coefficient (Wildman–Crippen LogP) is -1.92. The Morgan fingerprint density at radius 1 is 1.33 bits per heavy atom. The quantitative estimate of drug-likeness (QED) is 0.364. The summed E-state index contributed by atoms with van der Waals surface area (Å²) in [4.78, 5) is 0. The molecule has 0 fully saturated rings. The van der Waals surface area contributed by atoms with Crippen LogP contribution in [-0.2, 0) is 0 Å². The van der Waals surface area contributed by atoms with Crippen LogP contribution in [0.5, 0.6) is 0 Å². The average Bonchev–Trinajstić information content (AvgIpc) is 1.86. The number of aliphatic hydroxyl groups excluding tert-OH is 3. The first kappa shape index (κ1) is 8.84. The van der Waals surface area contributed by atoms with Gasteiger partial charge in [0.25, 0.3) is 0 Å². The maximum absolute atomic E-state index is 8.96. The van der Waals surface area contributed by atoms with Gasteiger partial charge in [-0.05, 0) is 6.92 Å². The molecule has 0 spiro atoms. The number of aliphatic hydroxyl groups is 4. The highest BCUT2D eigenvalue weighted by molar-refractivity contribution is 4.81. The molecule has 0 aromatic carbocycles. The minimum absolute atomic E-state index is 0.638. The highest BCUT2D eigenvalue weighted by Crippen LogP contribution is 2.07. The van der Waals surface area contributed by atoms with Crippen LogP contribution in [-0.4, -0.2) is 45.3 Å². The standard InChI is InChI=1S/C5H12O4/c1-4(8)5(9,2-6)3-7/h4,6-9H,2-3H2,1H3. The summed E-state index contributed by atoms with van der Waals surface area (Å²) in [6.07, 6.45) is -1.12. The van der Waals surface area contributed by atoms with Crippen LogP contribution >= 0.6 is 0 Å². The molecule has 9 heavy (non-hydrogen) atoms. The number of hydrogen-bond donors (Lipinski definition) is 4. The van der Waals surface area contributed by atoms with Gasteiger partial charge in [-0.25, -0.2) is 0 Å². The fourth-order valence-corrected chi connectivity index (χ4v) is 0.314. The zero-order chi connectivity index (χ0) is 7.49. The first-order valence-electron chi connectivity index (χ1n) is 2.69. The van der Waals surface area contributed by atoms with Crippen molar-refractivity contribution in [1.82, 2.24) is 0 Å². The van der Waals surface area contributed by atoms with Gasteiger partial charge in [-0.3, -0.25) is 0 Å². The molecule has 0 amide bonds. The van der Waals surface area contributed by atoms with Gasteiger partial charge in [-0.1, -0.05) is 0 Å². The van der Waals surface area contributed by atoms with Gasteiger partial charge < -0.3 is 20.4 Å². The van der Waals surface area contributed by atoms with E-state index in [0.717, 1.165) is 0 Å². The zero-order valence-corrected chi connectivity index (χ0v) is 5.28. The lowest BCUT2D eigenvalue weighted by Gasteiger charge is -2.25. The smallest absolute Gasteiger partial charge is 0.136 e. The van der Waals surface area contributed by atoms with Crippen molar-refractivity contribution in [2.75, 3.05) is 13.2 Å². The van der Waals surface area contributed by atoms with Crippen molar-refractivity contribution < 1.29 is 20.4 Å². The van der Waals surface area contributed by atoms with Crippen molar-refractivity contribution in [3.63, 3.8) is 0 Å². The molecule has 0 heterocycles. The molecule has 0 aliphatic heterocycles. The van der Waals surface area contributed by atoms with Crippen molar-refractivity contribution >= 4 is 0 Å². The van der Waals surface area contributed by atoms with Crippen LogP contribution < -0.4 is 0 Å². The highest BCUT2D eigenvalue weighted by atomic mass is 16.4. The van der Waals surface area contributed by atoms with Crippen molar-refractivity contribution in [2.24, 2.45) is 0 Å². The molecule has 4 N–H and O–H groups in total. The van der Waals surface area contributed by atoms with Gasteiger partial charge >= 0.3 is 0 Å². The number of rotatable bonds is 3. The molecule has 0 aliphatic carbocycles. The summed E-state index contributed by atoms with van der Waals surface area (Å²) in [5, 5.41) is 34.4. The fourth-order valence-electron chi connectivity index (χ4n) is 0.314. The Balaban J connectivity index is 3.92. The third kappa shape index (κ3) is 1.91. The predicted molar refractivity (Wildman–Crippen MR) is 30.8 cm³/mol. The Bertz CT molecular complexity index is 77.0. The minimum Gasteiger partial charge on any atom is -0.393 e. The highest BCUT2D eigenvalue weighted by Gasteiger charge is 2.30. The molecule has 0 saturated heterocycles. The van der Waals surface area contributed by atoms with Gasteiger partial charge in [-0.15, -0.1) is 0 Å². The van der Waals surface area contributed by atoms with Crippen LogP contribution in [0.4, 0.5) is 0 Å². The van der Waals surface area contributed by atoms with Gasteiger partial charge in [0.2, 0.25) is 0 Å². The second-order valence-electron chi connectivity index (χ2n) is 2.10. The summed E-state index contributed by atoms with van der Waals surface area (Å²) in [6, 6.07) is 0. The first-order valence-corrected chi connectivity index (χ1v) is 2.69. The molecule has 1 atom stereocenters. The summed E-state index contributed by atoms with van der Waals surface area (Å²) in [5.41, 5.74) is -1.75. The van der Waals surface area contributed by atoms with Gasteiger partial charge in [0.1, 0.15) is 5.60 Å². The summed E-state index contributed by atoms with van der Waals surface area (Å²) < 4.78 is 0. The van der Waals surface area contributed by atoms with Crippen molar-refractivity contribution in [1.29, 1.82) is 0 Å². The van der Waals surface area contributed by atoms with E-state index in [1.807, 2.05) is 0 Å². The molecule has 4 nitrogen and oxygen atoms in total. The van der Waals surface area contributed by atoms with E-state index in [4.69, 9.17) is 20.4 Å². The molecule has 1 unspecified atom stereocenters. The van der Waals surface area contributed by atoms with Crippen LogP contribution in [0, 0.1) is 0 Å². The lowest BCUT2D eigenvalue weighted by molar-refractivity contribution is -0.124. The molecule has 0 radical (unpaired) electrons. The van der Waals surface area contributed by atoms with Gasteiger partial charge in [0, 0.05) is 0 Å². The van der Waals surface area contributed by atoms with E-state index in [9.17, 15) is 0 Å². The van der Waals surface area contributed by atoms with Gasteiger partial charge in [0.05, 0.1) is 19.3 Å². The molecule has 0 rings (SSSR count). The zero-order valence-electron chi connectivity index (χ0n) is 5.28. The Morgan fingerprint density at radius 2 is 1.67 bits per heavy atom. The monoisotopic (exact) mass is 136 g/mol. The molecular formula is C5H12O4. The van der Waals surface area contributed by atoms with E-state index in [2.05, 4.69) is 0 Å². The van der Waals surface area contributed by atoms with Crippen LogP contribution in [0.25, 0.3) is 0 Å². The van der Waals surface area contributed by atoms with Crippen LogP contribution in [0.1, 0.15) is 6.92 Å². The third-order valence-electron chi connectivity index (χ3n) is 1.33. The molecule has 56 valence electrons. The minimum atomic E-state index is -1.75. The summed E-state index contributed by atoms with van der Waals surface area (Å²) >= 11 is 0. The Kier molecular flexibility index (Phi) is 3.07. The van der Waals surface area contributed by atoms with Crippen LogP contribution in [0.2, 0.25) is 0 Å². The maximum Gasteiger partial charge on any atom is 0.136 e. The third-order valence-corrected chi connectivity index (χ3v) is 1.33. The lowest BCUT2D eigenvalue weighted by Crippen LogP contribution is -2.47. The fraction of sp³-hybridized carbons (Fsp3) is 1.00. The molecule has 0 bridgehead atoms. The average molecular weight is 136 g/mol. The van der Waals surface area contributed by atoms with E-state index < -0.39 is 24.9 Å². The number of hydrogen-bond acceptors (Lipinski definition) is 4. The SMILES string of the molecule is CC(O)C(O)(CO)CO. The summed E-state index contributed by atoms with van der Waals surface area (Å²) in [7, 11) is 0. The lowest BCUT2D eigenvalue weighted by atomic mass is 10.0. The normalized spacial score (nSPS) is 15.7. The van der Waals surface area contributed by atoms with Gasteiger partial charge in [-0.2, -0.15) is 0 Å². The van der Waals surface area contributed by atoms with Gasteiger partial charge in [0.15, 0.2) is 0 Å². The maximum atomic E-state index is 8.96. The second-order valence-corrected chi connectivity index (χ2v) is 2.10. The molecular weight excluding hydrogens is 124 g/mol. The second kappa shape index (κ2) is 3.12. The van der Waals surface area contributed by atoms with E-state index in [-0.39, 0.29) is 0 Å². The Hall–Kier alpha value is -0.160. The van der Waals surface area contributed by atoms with Crippen molar-refractivity contribution in [2.45, 2.75) is 18.6 Å². The molecule has 0 aromatic rings. The Labute approximate surface area is 53.4 Å². The Morgan fingerprint density at radius 3 is 1.67 bits per heavy atom. The van der Waals surface area contributed by atoms with Crippen LogP contribution in [0.15, 0.2) is 0 Å². The molecule has 0 aromatic heterocycles. The van der Waals surface area contributed by atoms with Crippen molar-refractivity contribution in [3.05, 3.63) is 0 Å². The first-order chi connectivity index (χ1) is 4.06. The van der Waals surface area contributed by atoms with Crippen molar-refractivity contribution in [3.8, 4) is 0 Å². The summed E-state index contributed by atoms with van der Waals surface area (Å²) in [5.74, 6) is 0. The molecule has 0 saturated carbocycles. The van der Waals surface area contributed by atoms with E-state index in [1.54, 1.807) is 0 Å². The topological polar surface area (TPSA) is 80.9 Å². The summed E-state index contributed by atoms with van der Waals surface area (Å²) in [6.45, 7) is 0.0226. The van der Waals surface area contributed by atoms with Crippen LogP contribution in [0.3, 0.4) is 0 Å². The van der Waals surface area contributed by atoms with E-state index in [1.165, 1.54) is 6.92 Å². The largest absolute Gasteiger partial charge is 0.393 e.